The van der Waals surface area contributed by atoms with Crippen molar-refractivity contribution in [2.24, 2.45) is 5.92 Å². The van der Waals surface area contributed by atoms with Crippen molar-refractivity contribution in [3.05, 3.63) is 29.3 Å². The molecule has 7 nitrogen and oxygen atoms in total. The van der Waals surface area contributed by atoms with Gasteiger partial charge < -0.3 is 20.1 Å². The van der Waals surface area contributed by atoms with Gasteiger partial charge in [-0.05, 0) is 31.2 Å². The molecule has 0 spiro atoms. The first-order chi connectivity index (χ1) is 10.5. The van der Waals surface area contributed by atoms with Crippen LogP contribution in [0.15, 0.2) is 18.2 Å². The van der Waals surface area contributed by atoms with Crippen LogP contribution < -0.4 is 10.6 Å². The Bertz CT molecular complexity index is 559. The Balaban J connectivity index is 2.26. The van der Waals surface area contributed by atoms with Crippen LogP contribution in [0.5, 0.6) is 0 Å². The lowest BCUT2D eigenvalue weighted by molar-refractivity contribution is -0.119. The number of amides is 1. The Morgan fingerprint density at radius 1 is 1.09 bits per heavy atom. The van der Waals surface area contributed by atoms with Gasteiger partial charge in [-0.1, -0.05) is 0 Å². The fourth-order valence-corrected chi connectivity index (χ4v) is 2.29. The lowest BCUT2D eigenvalue weighted by Crippen LogP contribution is -2.25. The van der Waals surface area contributed by atoms with Crippen LogP contribution in [0.3, 0.4) is 0 Å². The van der Waals surface area contributed by atoms with Crippen molar-refractivity contribution in [3.63, 3.8) is 0 Å². The minimum Gasteiger partial charge on any atom is -0.465 e. The molecule has 0 radical (unpaired) electrons. The molecule has 118 valence electrons. The Kier molecular flexibility index (Phi) is 5.11. The average Bonchev–Trinajstić information content (AvgIpc) is 3.07. The van der Waals surface area contributed by atoms with Crippen molar-refractivity contribution in [3.8, 4) is 0 Å². The van der Waals surface area contributed by atoms with Gasteiger partial charge in [0, 0.05) is 12.2 Å². The van der Waals surface area contributed by atoms with E-state index in [0.29, 0.717) is 12.2 Å². The molecule has 1 atom stereocenters. The van der Waals surface area contributed by atoms with Crippen LogP contribution in [0.1, 0.15) is 27.1 Å². The molecule has 2 N–H and O–H groups in total. The maximum Gasteiger partial charge on any atom is 0.337 e. The minimum absolute atomic E-state index is 0.122. The minimum atomic E-state index is -0.594. The highest BCUT2D eigenvalue weighted by molar-refractivity contribution is 6.00. The SMILES string of the molecule is COC(=O)c1cc(NC(=O)C2CCNC2)cc(C(=O)OC)c1. The average molecular weight is 306 g/mol. The van der Waals surface area contributed by atoms with E-state index in [0.717, 1.165) is 13.0 Å². The summed E-state index contributed by atoms with van der Waals surface area (Å²) in [7, 11) is 2.49. The van der Waals surface area contributed by atoms with Crippen LogP contribution >= 0.6 is 0 Å². The third kappa shape index (κ3) is 3.62. The van der Waals surface area contributed by atoms with Crippen LogP contribution in [-0.2, 0) is 14.3 Å². The van der Waals surface area contributed by atoms with Crippen molar-refractivity contribution >= 4 is 23.5 Å². The van der Waals surface area contributed by atoms with Crippen molar-refractivity contribution in [2.75, 3.05) is 32.6 Å². The highest BCUT2D eigenvalue weighted by atomic mass is 16.5. The van der Waals surface area contributed by atoms with Gasteiger partial charge in [0.25, 0.3) is 0 Å². The summed E-state index contributed by atoms with van der Waals surface area (Å²) in [6.45, 7) is 1.42. The summed E-state index contributed by atoms with van der Waals surface area (Å²) in [5.74, 6) is -1.46. The molecule has 0 aliphatic carbocycles. The van der Waals surface area contributed by atoms with Gasteiger partial charge in [-0.3, -0.25) is 4.79 Å². The highest BCUT2D eigenvalue weighted by Gasteiger charge is 2.23. The molecule has 2 rings (SSSR count). The quantitative estimate of drug-likeness (QED) is 0.800. The van der Waals surface area contributed by atoms with E-state index in [1.54, 1.807) is 0 Å². The molecule has 1 fully saturated rings. The van der Waals surface area contributed by atoms with Gasteiger partial charge >= 0.3 is 11.9 Å². The molecule has 1 amide bonds. The third-order valence-electron chi connectivity index (χ3n) is 3.47. The highest BCUT2D eigenvalue weighted by Crippen LogP contribution is 2.19. The molecule has 1 aromatic rings. The normalized spacial score (nSPS) is 16.9. The molecule has 22 heavy (non-hydrogen) atoms. The third-order valence-corrected chi connectivity index (χ3v) is 3.47. The lowest BCUT2D eigenvalue weighted by Gasteiger charge is -2.12. The Labute approximate surface area is 128 Å². The maximum atomic E-state index is 12.1. The molecule has 1 saturated heterocycles. The van der Waals surface area contributed by atoms with Crippen LogP contribution in [0.25, 0.3) is 0 Å². The van der Waals surface area contributed by atoms with Crippen molar-refractivity contribution in [1.29, 1.82) is 0 Å². The van der Waals surface area contributed by atoms with Gasteiger partial charge in [-0.2, -0.15) is 0 Å². The molecule has 1 aromatic carbocycles. The van der Waals surface area contributed by atoms with E-state index in [2.05, 4.69) is 20.1 Å². The molecule has 1 unspecified atom stereocenters. The second kappa shape index (κ2) is 7.04. The van der Waals surface area contributed by atoms with E-state index in [1.807, 2.05) is 0 Å². The standard InChI is InChI=1S/C15H18N2O5/c1-21-14(19)10-5-11(15(20)22-2)7-12(6-10)17-13(18)9-3-4-16-8-9/h5-7,9,16H,3-4,8H2,1-2H3,(H,17,18). The summed E-state index contributed by atoms with van der Waals surface area (Å²) in [6.07, 6.45) is 0.756. The van der Waals surface area contributed by atoms with Gasteiger partial charge in [0.05, 0.1) is 31.3 Å². The number of rotatable bonds is 4. The van der Waals surface area contributed by atoms with Gasteiger partial charge in [0.2, 0.25) is 5.91 Å². The first-order valence-corrected chi connectivity index (χ1v) is 6.88. The summed E-state index contributed by atoms with van der Waals surface area (Å²) >= 11 is 0. The number of carbonyl (C=O) groups is 3. The lowest BCUT2D eigenvalue weighted by atomic mass is 10.1. The molecule has 0 bridgehead atoms. The summed E-state index contributed by atoms with van der Waals surface area (Å²) in [5.41, 5.74) is 0.704. The fourth-order valence-electron chi connectivity index (χ4n) is 2.29. The van der Waals surface area contributed by atoms with Gasteiger partial charge in [0.1, 0.15) is 0 Å². The molecule has 0 saturated carbocycles. The van der Waals surface area contributed by atoms with Gasteiger partial charge in [-0.15, -0.1) is 0 Å². The maximum absolute atomic E-state index is 12.1. The Hall–Kier alpha value is -2.41. The van der Waals surface area contributed by atoms with Crippen LogP contribution in [0, 0.1) is 5.92 Å². The summed E-state index contributed by atoms with van der Waals surface area (Å²) in [5, 5.41) is 5.84. The molecule has 0 aromatic heterocycles. The zero-order valence-corrected chi connectivity index (χ0v) is 12.5. The van der Waals surface area contributed by atoms with E-state index < -0.39 is 11.9 Å². The zero-order chi connectivity index (χ0) is 16.1. The van der Waals surface area contributed by atoms with Crippen molar-refractivity contribution in [2.45, 2.75) is 6.42 Å². The number of benzene rings is 1. The number of esters is 2. The van der Waals surface area contributed by atoms with Crippen molar-refractivity contribution in [1.82, 2.24) is 5.32 Å². The second-order valence-corrected chi connectivity index (χ2v) is 4.96. The second-order valence-electron chi connectivity index (χ2n) is 4.96. The number of carbonyl (C=O) groups excluding carboxylic acids is 3. The number of hydrogen-bond acceptors (Lipinski definition) is 6. The monoisotopic (exact) mass is 306 g/mol. The Morgan fingerprint density at radius 3 is 2.14 bits per heavy atom. The molecule has 7 heteroatoms. The van der Waals surface area contributed by atoms with Crippen LogP contribution in [0.2, 0.25) is 0 Å². The van der Waals surface area contributed by atoms with Crippen LogP contribution in [0.4, 0.5) is 5.69 Å². The van der Waals surface area contributed by atoms with Gasteiger partial charge in [-0.25, -0.2) is 9.59 Å². The topological polar surface area (TPSA) is 93.7 Å². The smallest absolute Gasteiger partial charge is 0.337 e. The van der Waals surface area contributed by atoms with Crippen molar-refractivity contribution < 1.29 is 23.9 Å². The van der Waals surface area contributed by atoms with E-state index in [4.69, 9.17) is 0 Å². The number of hydrogen-bond donors (Lipinski definition) is 2. The van der Waals surface area contributed by atoms with E-state index in [-0.39, 0.29) is 23.0 Å². The number of anilines is 1. The molecular formula is C15H18N2O5. The molecule has 1 aliphatic rings. The molecule has 1 aliphatic heterocycles. The molecule has 1 heterocycles. The first-order valence-electron chi connectivity index (χ1n) is 6.88. The van der Waals surface area contributed by atoms with E-state index in [1.165, 1.54) is 32.4 Å². The molecular weight excluding hydrogens is 288 g/mol. The largest absolute Gasteiger partial charge is 0.465 e. The zero-order valence-electron chi connectivity index (χ0n) is 12.5. The summed E-state index contributed by atoms with van der Waals surface area (Å²) in [4.78, 5) is 35.5. The predicted octanol–water partition coefficient (Wildman–Crippen LogP) is 0.808. The number of nitrogens with one attached hydrogen (secondary N) is 2. The van der Waals surface area contributed by atoms with Crippen LogP contribution in [-0.4, -0.2) is 45.2 Å². The Morgan fingerprint density at radius 2 is 1.68 bits per heavy atom. The first kappa shape index (κ1) is 16.0. The fraction of sp³-hybridized carbons (Fsp3) is 0.400. The number of methoxy groups -OCH3 is 2. The summed E-state index contributed by atoms with van der Waals surface area (Å²) in [6, 6.07) is 4.31. The van der Waals surface area contributed by atoms with E-state index >= 15 is 0 Å². The summed E-state index contributed by atoms with van der Waals surface area (Å²) < 4.78 is 9.30. The predicted molar refractivity (Wildman–Crippen MR) is 78.7 cm³/mol. The van der Waals surface area contributed by atoms with Gasteiger partial charge in [0.15, 0.2) is 0 Å². The van der Waals surface area contributed by atoms with E-state index in [9.17, 15) is 14.4 Å². The number of ether oxygens (including phenoxy) is 2.